The highest BCUT2D eigenvalue weighted by Gasteiger charge is 2.40. The summed E-state index contributed by atoms with van der Waals surface area (Å²) in [4.78, 5) is 0. The third-order valence-corrected chi connectivity index (χ3v) is 8.56. The van der Waals surface area contributed by atoms with Gasteiger partial charge in [-0.2, -0.15) is 0 Å². The lowest BCUT2D eigenvalue weighted by molar-refractivity contribution is 0.389. The molecule has 0 saturated heterocycles. The van der Waals surface area contributed by atoms with E-state index in [9.17, 15) is 0 Å². The van der Waals surface area contributed by atoms with Crippen LogP contribution in [0.15, 0.2) is 24.3 Å². The molecule has 4 N–H and O–H groups in total. The van der Waals surface area contributed by atoms with E-state index >= 15 is 0 Å². The first kappa shape index (κ1) is 20.5. The highest BCUT2D eigenvalue weighted by molar-refractivity contribution is 7.80. The van der Waals surface area contributed by atoms with Crippen molar-refractivity contribution < 1.29 is 0 Å². The number of hydrogen-bond acceptors (Lipinski definition) is 2. The quantitative estimate of drug-likeness (QED) is 0.500. The van der Waals surface area contributed by atoms with Gasteiger partial charge in [0, 0.05) is 25.2 Å². The van der Waals surface area contributed by atoms with Crippen LogP contribution in [0.1, 0.15) is 62.5 Å². The van der Waals surface area contributed by atoms with Gasteiger partial charge in [-0.1, -0.05) is 37.1 Å². The lowest BCUT2D eigenvalue weighted by Crippen LogP contribution is -2.44. The molecule has 4 saturated carbocycles. The zero-order valence-electron chi connectivity index (χ0n) is 17.7. The maximum atomic E-state index is 5.53. The van der Waals surface area contributed by atoms with Crippen molar-refractivity contribution in [1.29, 1.82) is 0 Å². The highest BCUT2D eigenvalue weighted by atomic mass is 32.1. The third kappa shape index (κ3) is 4.75. The first-order valence-electron chi connectivity index (χ1n) is 11.8. The van der Waals surface area contributed by atoms with E-state index in [0.29, 0.717) is 12.1 Å². The summed E-state index contributed by atoms with van der Waals surface area (Å²) in [6, 6.07) is 9.89. The summed E-state index contributed by atoms with van der Waals surface area (Å²) in [5.41, 5.74) is 2.50. The summed E-state index contributed by atoms with van der Waals surface area (Å²) in [6.45, 7) is 1.54. The van der Waals surface area contributed by atoms with Crippen LogP contribution in [0, 0.1) is 23.7 Å². The normalized spacial score (nSPS) is 33.5. The molecule has 4 aliphatic rings. The Labute approximate surface area is 191 Å². The molecule has 0 aliphatic heterocycles. The summed E-state index contributed by atoms with van der Waals surface area (Å²) in [7, 11) is 0. The minimum atomic E-state index is 0.592. The largest absolute Gasteiger partial charge is 0.360 e. The van der Waals surface area contributed by atoms with E-state index in [-0.39, 0.29) is 0 Å². The Morgan fingerprint density at radius 3 is 1.43 bits per heavy atom. The van der Waals surface area contributed by atoms with E-state index in [1.54, 1.807) is 0 Å². The molecule has 6 heteroatoms. The van der Waals surface area contributed by atoms with E-state index in [4.69, 9.17) is 24.4 Å². The molecule has 0 unspecified atom stereocenters. The summed E-state index contributed by atoms with van der Waals surface area (Å²) in [6.07, 6.45) is 11.0. The standard InChI is InChI=1S/C24H34N4S2/c29-23(27-21-11-17-5-7-19(21)9-17)25-13-15-1-2-16(4-3-15)14-26-24(30)28-22-12-18-6-8-20(22)10-18/h1-4,17-22H,5-14H2,(H2,25,27,29)(H2,26,28,30)/t17-,18+,19-,20-,21-,22-/m1/s1. The first-order valence-corrected chi connectivity index (χ1v) is 12.6. The van der Waals surface area contributed by atoms with Gasteiger partial charge in [0.25, 0.3) is 0 Å². The van der Waals surface area contributed by atoms with E-state index in [1.807, 2.05) is 0 Å². The molecule has 1 aromatic carbocycles. The Morgan fingerprint density at radius 1 is 0.667 bits per heavy atom. The summed E-state index contributed by atoms with van der Waals surface area (Å²) >= 11 is 11.1. The molecular weight excluding hydrogens is 408 g/mol. The molecule has 5 rings (SSSR count). The molecule has 6 atom stereocenters. The van der Waals surface area contributed by atoms with Gasteiger partial charge >= 0.3 is 0 Å². The van der Waals surface area contributed by atoms with Gasteiger partial charge in [0.2, 0.25) is 0 Å². The van der Waals surface area contributed by atoms with Crippen molar-refractivity contribution in [3.05, 3.63) is 35.4 Å². The van der Waals surface area contributed by atoms with Gasteiger partial charge in [0.05, 0.1) is 0 Å². The van der Waals surface area contributed by atoms with Crippen molar-refractivity contribution in [2.24, 2.45) is 23.7 Å². The Kier molecular flexibility index (Phi) is 6.15. The Morgan fingerprint density at radius 2 is 1.10 bits per heavy atom. The van der Waals surface area contributed by atoms with Gasteiger partial charge in [0.1, 0.15) is 0 Å². The monoisotopic (exact) mass is 442 g/mol. The van der Waals surface area contributed by atoms with Crippen LogP contribution in [-0.4, -0.2) is 22.3 Å². The van der Waals surface area contributed by atoms with Crippen LogP contribution in [0.2, 0.25) is 0 Å². The maximum absolute atomic E-state index is 5.53. The minimum absolute atomic E-state index is 0.592. The van der Waals surface area contributed by atoms with Gasteiger partial charge in [-0.15, -0.1) is 0 Å². The fraction of sp³-hybridized carbons (Fsp3) is 0.667. The van der Waals surface area contributed by atoms with Gasteiger partial charge in [-0.25, -0.2) is 0 Å². The van der Waals surface area contributed by atoms with Crippen LogP contribution < -0.4 is 21.3 Å². The average molecular weight is 443 g/mol. The topological polar surface area (TPSA) is 48.1 Å². The number of fused-ring (bicyclic) bond motifs is 4. The molecule has 0 amide bonds. The van der Waals surface area contributed by atoms with Crippen molar-refractivity contribution >= 4 is 34.7 Å². The number of nitrogens with one attached hydrogen (secondary N) is 4. The lowest BCUT2D eigenvalue weighted by Gasteiger charge is -2.24. The molecule has 4 bridgehead atoms. The fourth-order valence-electron chi connectivity index (χ4n) is 6.42. The molecule has 4 nitrogen and oxygen atoms in total. The SMILES string of the molecule is S=C(NCc1ccc(CNC(=S)N[C@@H]2C[C@H]3CC[C@@H]2C3)cc1)N[C@@H]1C[C@@H]2CC[C@@H]1C2. The molecule has 0 heterocycles. The van der Waals surface area contributed by atoms with Crippen molar-refractivity contribution in [1.82, 2.24) is 21.3 Å². The molecule has 30 heavy (non-hydrogen) atoms. The predicted molar refractivity (Wildman–Crippen MR) is 130 cm³/mol. The maximum Gasteiger partial charge on any atom is 0.166 e. The van der Waals surface area contributed by atoms with Gasteiger partial charge in [-0.05, 0) is 97.8 Å². The Balaban J connectivity index is 1.01. The summed E-state index contributed by atoms with van der Waals surface area (Å²) < 4.78 is 0. The first-order chi connectivity index (χ1) is 14.6. The minimum Gasteiger partial charge on any atom is -0.360 e. The van der Waals surface area contributed by atoms with Crippen molar-refractivity contribution in [2.45, 2.75) is 76.5 Å². The second-order valence-electron chi connectivity index (χ2n) is 10.0. The van der Waals surface area contributed by atoms with E-state index in [0.717, 1.165) is 47.0 Å². The van der Waals surface area contributed by atoms with Crippen LogP contribution in [0.4, 0.5) is 0 Å². The van der Waals surface area contributed by atoms with Crippen LogP contribution in [0.5, 0.6) is 0 Å². The predicted octanol–water partition coefficient (Wildman–Crippen LogP) is 3.99. The number of benzene rings is 1. The number of hydrogen-bond donors (Lipinski definition) is 4. The molecule has 0 radical (unpaired) electrons. The van der Waals surface area contributed by atoms with E-state index in [2.05, 4.69) is 45.5 Å². The highest BCUT2D eigenvalue weighted by Crippen LogP contribution is 2.45. The zero-order chi connectivity index (χ0) is 20.5. The van der Waals surface area contributed by atoms with E-state index < -0.39 is 0 Å². The van der Waals surface area contributed by atoms with Crippen molar-refractivity contribution in [3.63, 3.8) is 0 Å². The summed E-state index contributed by atoms with van der Waals surface area (Å²) in [5.74, 6) is 3.55. The second kappa shape index (κ2) is 8.99. The Bertz CT molecular complexity index is 715. The smallest absolute Gasteiger partial charge is 0.166 e. The average Bonchev–Trinajstić information content (AvgIpc) is 3.53. The van der Waals surface area contributed by atoms with Crippen LogP contribution >= 0.6 is 24.4 Å². The van der Waals surface area contributed by atoms with Gasteiger partial charge in [0.15, 0.2) is 10.2 Å². The summed E-state index contributed by atoms with van der Waals surface area (Å²) in [5, 5.41) is 15.5. The molecule has 0 aromatic heterocycles. The number of thiocarbonyl (C=S) groups is 2. The lowest BCUT2D eigenvalue weighted by atomic mass is 9.95. The van der Waals surface area contributed by atoms with Crippen LogP contribution in [-0.2, 0) is 13.1 Å². The third-order valence-electron chi connectivity index (χ3n) is 8.04. The number of rotatable bonds is 6. The van der Waals surface area contributed by atoms with Crippen LogP contribution in [0.3, 0.4) is 0 Å². The fourth-order valence-corrected chi connectivity index (χ4v) is 6.87. The zero-order valence-corrected chi connectivity index (χ0v) is 19.3. The van der Waals surface area contributed by atoms with E-state index in [1.165, 1.54) is 62.5 Å². The molecular formula is C24H34N4S2. The second-order valence-corrected chi connectivity index (χ2v) is 10.8. The van der Waals surface area contributed by atoms with Crippen molar-refractivity contribution in [2.75, 3.05) is 0 Å². The molecule has 1 aromatic rings. The van der Waals surface area contributed by atoms with Gasteiger partial charge < -0.3 is 21.3 Å². The molecule has 4 fully saturated rings. The Hall–Kier alpha value is -1.40. The van der Waals surface area contributed by atoms with Gasteiger partial charge in [-0.3, -0.25) is 0 Å². The molecule has 162 valence electrons. The van der Waals surface area contributed by atoms with Crippen LogP contribution in [0.25, 0.3) is 0 Å². The molecule has 0 spiro atoms. The van der Waals surface area contributed by atoms with Crippen molar-refractivity contribution in [3.8, 4) is 0 Å². The molecule has 4 aliphatic carbocycles.